The Labute approximate surface area is 145 Å². The van der Waals surface area contributed by atoms with Crippen molar-refractivity contribution in [1.29, 1.82) is 0 Å². The molecule has 0 radical (unpaired) electrons. The summed E-state index contributed by atoms with van der Waals surface area (Å²) in [7, 11) is 0. The highest BCUT2D eigenvalue weighted by atomic mass is 35.5. The van der Waals surface area contributed by atoms with E-state index in [4.69, 9.17) is 0 Å². The van der Waals surface area contributed by atoms with Crippen LogP contribution in [0.5, 0.6) is 0 Å². The lowest BCUT2D eigenvalue weighted by Gasteiger charge is -2.10. The summed E-state index contributed by atoms with van der Waals surface area (Å²) in [5, 5.41) is 2.92. The maximum absolute atomic E-state index is 12.6. The second-order valence-corrected chi connectivity index (χ2v) is 5.18. The molecular weight excluding hydrogens is 322 g/mol. The van der Waals surface area contributed by atoms with Crippen molar-refractivity contribution in [3.05, 3.63) is 90.0 Å². The molecule has 1 aliphatic rings. The summed E-state index contributed by atoms with van der Waals surface area (Å²) in [6.45, 7) is 0. The van der Waals surface area contributed by atoms with Crippen LogP contribution in [0.2, 0.25) is 0 Å². The van der Waals surface area contributed by atoms with E-state index in [-0.39, 0.29) is 18.3 Å². The van der Waals surface area contributed by atoms with Crippen LogP contribution in [0.1, 0.15) is 17.0 Å². The standard InChI is InChI=1S/C19H13N3O.ClH/c23-19-17(13-7-1-2-8-14(13)22-19)18(15-9-3-5-11-20-15)16-10-4-6-12-21-16;/h1-12H,(H,22,23);1H. The molecule has 0 bridgehead atoms. The fourth-order valence-corrected chi connectivity index (χ4v) is 2.77. The van der Waals surface area contributed by atoms with E-state index in [1.807, 2.05) is 60.7 Å². The van der Waals surface area contributed by atoms with E-state index in [2.05, 4.69) is 15.3 Å². The summed E-state index contributed by atoms with van der Waals surface area (Å²) in [5.74, 6) is -0.127. The maximum Gasteiger partial charge on any atom is 0.257 e. The first-order valence-electron chi connectivity index (χ1n) is 7.32. The number of aromatic nitrogens is 2. The molecule has 0 saturated heterocycles. The number of carbonyl (C=O) groups excluding carboxylic acids is 1. The number of hydrogen-bond donors (Lipinski definition) is 1. The monoisotopic (exact) mass is 335 g/mol. The van der Waals surface area contributed by atoms with Crippen molar-refractivity contribution in [2.24, 2.45) is 0 Å². The van der Waals surface area contributed by atoms with Gasteiger partial charge >= 0.3 is 0 Å². The highest BCUT2D eigenvalue weighted by Crippen LogP contribution is 2.38. The third kappa shape index (κ3) is 2.68. The third-order valence-corrected chi connectivity index (χ3v) is 3.76. The predicted octanol–water partition coefficient (Wildman–Crippen LogP) is 3.81. The molecule has 0 aliphatic carbocycles. The van der Waals surface area contributed by atoms with Crippen molar-refractivity contribution in [1.82, 2.24) is 9.97 Å². The zero-order valence-electron chi connectivity index (χ0n) is 12.6. The van der Waals surface area contributed by atoms with Crippen LogP contribution in [0, 0.1) is 0 Å². The van der Waals surface area contributed by atoms with Gasteiger partial charge in [0.25, 0.3) is 5.91 Å². The predicted molar refractivity (Wildman–Crippen MR) is 96.7 cm³/mol. The van der Waals surface area contributed by atoms with Crippen LogP contribution in [0.3, 0.4) is 0 Å². The Bertz CT molecular complexity index is 867. The van der Waals surface area contributed by atoms with E-state index < -0.39 is 0 Å². The van der Waals surface area contributed by atoms with Gasteiger partial charge in [0.15, 0.2) is 0 Å². The minimum Gasteiger partial charge on any atom is -0.321 e. The molecule has 1 amide bonds. The van der Waals surface area contributed by atoms with Gasteiger partial charge < -0.3 is 5.32 Å². The molecule has 3 aromatic rings. The summed E-state index contributed by atoms with van der Waals surface area (Å²) < 4.78 is 0. The van der Waals surface area contributed by atoms with Gasteiger partial charge in [-0.3, -0.25) is 14.8 Å². The van der Waals surface area contributed by atoms with E-state index in [1.165, 1.54) is 0 Å². The normalized spacial score (nSPS) is 12.2. The van der Waals surface area contributed by atoms with Gasteiger partial charge in [0.2, 0.25) is 0 Å². The Morgan fingerprint density at radius 3 is 1.96 bits per heavy atom. The fourth-order valence-electron chi connectivity index (χ4n) is 2.77. The van der Waals surface area contributed by atoms with Gasteiger partial charge in [0.05, 0.1) is 17.0 Å². The SMILES string of the molecule is Cl.O=C1Nc2ccccc2C1=C(c1ccccn1)c1ccccn1. The molecule has 4 nitrogen and oxygen atoms in total. The Morgan fingerprint density at radius 2 is 1.38 bits per heavy atom. The van der Waals surface area contributed by atoms with Gasteiger partial charge in [-0.1, -0.05) is 30.3 Å². The van der Waals surface area contributed by atoms with Gasteiger partial charge in [-0.05, 0) is 30.3 Å². The first kappa shape index (κ1) is 15.9. The number of nitrogens with zero attached hydrogens (tertiary/aromatic N) is 2. The zero-order valence-corrected chi connectivity index (χ0v) is 13.5. The number of rotatable bonds is 2. The molecule has 24 heavy (non-hydrogen) atoms. The summed E-state index contributed by atoms with van der Waals surface area (Å²) in [4.78, 5) is 21.5. The number of anilines is 1. The van der Waals surface area contributed by atoms with Gasteiger partial charge in [0.1, 0.15) is 0 Å². The molecule has 1 N–H and O–H groups in total. The van der Waals surface area contributed by atoms with Gasteiger partial charge in [-0.25, -0.2) is 0 Å². The van der Waals surface area contributed by atoms with E-state index in [0.29, 0.717) is 5.57 Å². The zero-order chi connectivity index (χ0) is 15.6. The summed E-state index contributed by atoms with van der Waals surface area (Å²) in [5.41, 5.74) is 4.51. The molecule has 4 rings (SSSR count). The van der Waals surface area contributed by atoms with E-state index >= 15 is 0 Å². The largest absolute Gasteiger partial charge is 0.321 e. The first-order chi connectivity index (χ1) is 11.3. The maximum atomic E-state index is 12.6. The Hall–Kier alpha value is -2.98. The second kappa shape index (κ2) is 6.64. The van der Waals surface area contributed by atoms with Crippen LogP contribution >= 0.6 is 12.4 Å². The molecule has 0 spiro atoms. The highest BCUT2D eigenvalue weighted by Gasteiger charge is 2.29. The molecule has 0 atom stereocenters. The van der Waals surface area contributed by atoms with Gasteiger partial charge in [-0.2, -0.15) is 0 Å². The lowest BCUT2D eigenvalue weighted by molar-refractivity contribution is -0.110. The topological polar surface area (TPSA) is 54.9 Å². The van der Waals surface area contributed by atoms with Gasteiger partial charge in [-0.15, -0.1) is 12.4 Å². The first-order valence-corrected chi connectivity index (χ1v) is 7.32. The van der Waals surface area contributed by atoms with Crippen molar-refractivity contribution in [2.75, 3.05) is 5.32 Å². The molecular formula is C19H14ClN3O. The van der Waals surface area contributed by atoms with Crippen molar-refractivity contribution in [3.63, 3.8) is 0 Å². The van der Waals surface area contributed by atoms with E-state index in [1.54, 1.807) is 12.4 Å². The molecule has 0 unspecified atom stereocenters. The average molecular weight is 336 g/mol. The minimum atomic E-state index is -0.127. The van der Waals surface area contributed by atoms with E-state index in [0.717, 1.165) is 28.2 Å². The molecule has 1 aliphatic heterocycles. The highest BCUT2D eigenvalue weighted by molar-refractivity contribution is 6.37. The number of nitrogens with one attached hydrogen (secondary N) is 1. The lowest BCUT2D eigenvalue weighted by Crippen LogP contribution is -2.07. The van der Waals surface area contributed by atoms with Crippen LogP contribution in [0.15, 0.2) is 73.1 Å². The number of fused-ring (bicyclic) bond motifs is 1. The molecule has 5 heteroatoms. The van der Waals surface area contributed by atoms with Gasteiger partial charge in [0, 0.05) is 29.2 Å². The van der Waals surface area contributed by atoms with Crippen LogP contribution < -0.4 is 5.32 Å². The number of hydrogen-bond acceptors (Lipinski definition) is 3. The molecule has 1 aromatic carbocycles. The van der Waals surface area contributed by atoms with Crippen LogP contribution in [-0.2, 0) is 4.79 Å². The summed E-state index contributed by atoms with van der Waals surface area (Å²) >= 11 is 0. The Morgan fingerprint density at radius 1 is 0.792 bits per heavy atom. The number of carbonyl (C=O) groups is 1. The Balaban J connectivity index is 0.00000169. The minimum absolute atomic E-state index is 0. The van der Waals surface area contributed by atoms with Crippen molar-refractivity contribution < 1.29 is 4.79 Å². The number of benzene rings is 1. The molecule has 0 saturated carbocycles. The number of amides is 1. The van der Waals surface area contributed by atoms with Crippen LogP contribution in [0.4, 0.5) is 5.69 Å². The lowest BCUT2D eigenvalue weighted by atomic mass is 9.95. The number of pyridine rings is 2. The van der Waals surface area contributed by atoms with Crippen molar-refractivity contribution in [3.8, 4) is 0 Å². The number of halogens is 1. The quantitative estimate of drug-likeness (QED) is 0.724. The van der Waals surface area contributed by atoms with E-state index in [9.17, 15) is 4.79 Å². The molecule has 118 valence electrons. The fraction of sp³-hybridized carbons (Fsp3) is 0. The smallest absolute Gasteiger partial charge is 0.257 e. The summed E-state index contributed by atoms with van der Waals surface area (Å²) in [6.07, 6.45) is 3.44. The second-order valence-electron chi connectivity index (χ2n) is 5.18. The van der Waals surface area contributed by atoms with Crippen molar-refractivity contribution in [2.45, 2.75) is 0 Å². The Kier molecular flexibility index (Phi) is 4.40. The third-order valence-electron chi connectivity index (χ3n) is 3.76. The molecule has 0 fully saturated rings. The van der Waals surface area contributed by atoms with Crippen molar-refractivity contribution >= 4 is 35.1 Å². The number of para-hydroxylation sites is 1. The van der Waals surface area contributed by atoms with Crippen LogP contribution in [-0.4, -0.2) is 15.9 Å². The average Bonchev–Trinajstić information content (AvgIpc) is 2.94. The molecule has 2 aromatic heterocycles. The summed E-state index contributed by atoms with van der Waals surface area (Å²) in [6, 6.07) is 19.0. The molecule has 3 heterocycles. The van der Waals surface area contributed by atoms with Crippen LogP contribution in [0.25, 0.3) is 11.1 Å².